The Morgan fingerprint density at radius 3 is 2.93 bits per heavy atom. The van der Waals surface area contributed by atoms with E-state index in [0.717, 1.165) is 12.8 Å². The highest BCUT2D eigenvalue weighted by Crippen LogP contribution is 2.09. The minimum Gasteiger partial charge on any atom is -0.250 e. The van der Waals surface area contributed by atoms with Gasteiger partial charge in [-0.1, -0.05) is 29.8 Å². The second kappa shape index (κ2) is 4.38. The molecule has 0 saturated carbocycles. The third kappa shape index (κ3) is 2.42. The van der Waals surface area contributed by atoms with Crippen LogP contribution < -0.4 is 0 Å². The van der Waals surface area contributed by atoms with Gasteiger partial charge in [0, 0.05) is 5.38 Å². The van der Waals surface area contributed by atoms with Gasteiger partial charge in [-0.3, -0.25) is 0 Å². The van der Waals surface area contributed by atoms with Crippen molar-refractivity contribution < 1.29 is 0 Å². The number of hydrogen-bond donors (Lipinski definition) is 0. The van der Waals surface area contributed by atoms with Crippen molar-refractivity contribution in [2.75, 3.05) is 0 Å². The highest BCUT2D eigenvalue weighted by Gasteiger charge is 1.97. The Morgan fingerprint density at radius 2 is 2.21 bits per heavy atom. The van der Waals surface area contributed by atoms with Crippen molar-refractivity contribution in [3.8, 4) is 0 Å². The summed E-state index contributed by atoms with van der Waals surface area (Å²) in [5.74, 6) is 0. The van der Waals surface area contributed by atoms with E-state index in [1.165, 1.54) is 16.8 Å². The van der Waals surface area contributed by atoms with Crippen LogP contribution in [0.5, 0.6) is 0 Å². The minimum atomic E-state index is 1.05. The summed E-state index contributed by atoms with van der Waals surface area (Å²) in [7, 11) is 0. The molecule has 0 atom stereocenters. The molecule has 14 heavy (non-hydrogen) atoms. The maximum Gasteiger partial charge on any atom is 0.0794 e. The van der Waals surface area contributed by atoms with E-state index in [0.29, 0.717) is 0 Å². The van der Waals surface area contributed by atoms with Gasteiger partial charge in [0.05, 0.1) is 11.2 Å². The van der Waals surface area contributed by atoms with Crippen LogP contribution in [0.15, 0.2) is 35.2 Å². The normalized spacial score (nSPS) is 10.4. The zero-order chi connectivity index (χ0) is 9.80. The molecule has 1 aromatic carbocycles. The molecule has 0 fully saturated rings. The Morgan fingerprint density at radius 1 is 1.29 bits per heavy atom. The van der Waals surface area contributed by atoms with Crippen LogP contribution in [0, 0.1) is 6.92 Å². The van der Waals surface area contributed by atoms with Gasteiger partial charge in [0.2, 0.25) is 0 Å². The number of hydrogen-bond acceptors (Lipinski definition) is 2. The molecule has 0 N–H and O–H groups in total. The van der Waals surface area contributed by atoms with E-state index in [1.54, 1.807) is 11.3 Å². The molecule has 0 aliphatic rings. The van der Waals surface area contributed by atoms with Crippen molar-refractivity contribution >= 4 is 11.3 Å². The van der Waals surface area contributed by atoms with Crippen LogP contribution in [0.2, 0.25) is 0 Å². The molecule has 72 valence electrons. The fourth-order valence-electron chi connectivity index (χ4n) is 1.50. The second-order valence-corrected chi connectivity index (χ2v) is 4.19. The largest absolute Gasteiger partial charge is 0.250 e. The topological polar surface area (TPSA) is 12.9 Å². The average Bonchev–Trinajstić information content (AvgIpc) is 2.67. The first kappa shape index (κ1) is 9.41. The van der Waals surface area contributed by atoms with Crippen molar-refractivity contribution in [3.05, 3.63) is 52.0 Å². The van der Waals surface area contributed by atoms with Crippen LogP contribution in [0.1, 0.15) is 16.8 Å². The summed E-state index contributed by atoms with van der Waals surface area (Å²) >= 11 is 1.67. The van der Waals surface area contributed by atoms with Gasteiger partial charge in [-0.2, -0.15) is 0 Å². The molecule has 1 aromatic heterocycles. The molecule has 2 heteroatoms. The van der Waals surface area contributed by atoms with E-state index in [4.69, 9.17) is 0 Å². The number of aryl methyl sites for hydroxylation is 3. The third-order valence-electron chi connectivity index (χ3n) is 2.24. The van der Waals surface area contributed by atoms with E-state index < -0.39 is 0 Å². The summed E-state index contributed by atoms with van der Waals surface area (Å²) in [5.41, 5.74) is 5.83. The molecule has 0 radical (unpaired) electrons. The lowest BCUT2D eigenvalue weighted by atomic mass is 10.1. The zero-order valence-corrected chi connectivity index (χ0v) is 9.05. The summed E-state index contributed by atoms with van der Waals surface area (Å²) in [4.78, 5) is 4.27. The lowest BCUT2D eigenvalue weighted by Crippen LogP contribution is -1.91. The fourth-order valence-corrected chi connectivity index (χ4v) is 2.09. The number of benzene rings is 1. The van der Waals surface area contributed by atoms with Crippen molar-refractivity contribution in [1.29, 1.82) is 0 Å². The minimum absolute atomic E-state index is 1.05. The molecular weight excluding hydrogens is 190 g/mol. The molecule has 0 saturated heterocycles. The summed E-state index contributed by atoms with van der Waals surface area (Å²) in [5, 5.41) is 2.12. The number of aromatic nitrogens is 1. The Kier molecular flexibility index (Phi) is 2.94. The molecule has 0 aliphatic carbocycles. The van der Waals surface area contributed by atoms with E-state index in [2.05, 4.69) is 41.6 Å². The fraction of sp³-hybridized carbons (Fsp3) is 0.250. The summed E-state index contributed by atoms with van der Waals surface area (Å²) < 4.78 is 0. The molecule has 0 bridgehead atoms. The van der Waals surface area contributed by atoms with Crippen molar-refractivity contribution in [3.63, 3.8) is 0 Å². The molecular formula is C12H13NS. The van der Waals surface area contributed by atoms with Crippen LogP contribution in [-0.2, 0) is 12.8 Å². The van der Waals surface area contributed by atoms with Gasteiger partial charge < -0.3 is 0 Å². The zero-order valence-electron chi connectivity index (χ0n) is 8.23. The molecule has 2 aromatic rings. The predicted octanol–water partition coefficient (Wildman–Crippen LogP) is 3.24. The number of rotatable bonds is 3. The molecule has 1 nitrogen and oxygen atoms in total. The SMILES string of the molecule is Cc1cccc(CCc2cscn2)c1. The van der Waals surface area contributed by atoms with Crippen LogP contribution in [0.25, 0.3) is 0 Å². The van der Waals surface area contributed by atoms with Crippen LogP contribution in [-0.4, -0.2) is 4.98 Å². The first-order chi connectivity index (χ1) is 6.84. The lowest BCUT2D eigenvalue weighted by Gasteiger charge is -2.00. The smallest absolute Gasteiger partial charge is 0.0794 e. The third-order valence-corrected chi connectivity index (χ3v) is 2.87. The van der Waals surface area contributed by atoms with Gasteiger partial charge in [0.15, 0.2) is 0 Å². The maximum absolute atomic E-state index is 4.27. The number of nitrogens with zero attached hydrogens (tertiary/aromatic N) is 1. The standard InChI is InChI=1S/C12H13NS/c1-10-3-2-4-11(7-10)5-6-12-8-14-9-13-12/h2-4,7-9H,5-6H2,1H3. The summed E-state index contributed by atoms with van der Waals surface area (Å²) in [6.45, 7) is 2.13. The van der Waals surface area contributed by atoms with E-state index >= 15 is 0 Å². The van der Waals surface area contributed by atoms with Crippen LogP contribution >= 0.6 is 11.3 Å². The Labute approximate surface area is 88.4 Å². The van der Waals surface area contributed by atoms with Gasteiger partial charge in [-0.25, -0.2) is 4.98 Å². The molecule has 0 amide bonds. The molecule has 1 heterocycles. The Balaban J connectivity index is 1.98. The van der Waals surface area contributed by atoms with E-state index in [9.17, 15) is 0 Å². The molecule has 0 spiro atoms. The summed E-state index contributed by atoms with van der Waals surface area (Å²) in [6.07, 6.45) is 2.14. The first-order valence-electron chi connectivity index (χ1n) is 4.77. The van der Waals surface area contributed by atoms with E-state index in [1.807, 2.05) is 5.51 Å². The molecule has 2 rings (SSSR count). The van der Waals surface area contributed by atoms with E-state index in [-0.39, 0.29) is 0 Å². The van der Waals surface area contributed by atoms with Crippen molar-refractivity contribution in [2.24, 2.45) is 0 Å². The summed E-state index contributed by atoms with van der Waals surface area (Å²) in [6, 6.07) is 8.67. The van der Waals surface area contributed by atoms with Crippen LogP contribution in [0.4, 0.5) is 0 Å². The average molecular weight is 203 g/mol. The highest BCUT2D eigenvalue weighted by molar-refractivity contribution is 7.07. The van der Waals surface area contributed by atoms with Gasteiger partial charge >= 0.3 is 0 Å². The number of thiazole rings is 1. The first-order valence-corrected chi connectivity index (χ1v) is 5.71. The van der Waals surface area contributed by atoms with Crippen LogP contribution in [0.3, 0.4) is 0 Å². The predicted molar refractivity (Wildman–Crippen MR) is 60.7 cm³/mol. The maximum atomic E-state index is 4.27. The van der Waals surface area contributed by atoms with Gasteiger partial charge in [0.1, 0.15) is 0 Å². The molecule has 0 unspecified atom stereocenters. The highest BCUT2D eigenvalue weighted by atomic mass is 32.1. The van der Waals surface area contributed by atoms with Gasteiger partial charge in [-0.05, 0) is 25.3 Å². The monoisotopic (exact) mass is 203 g/mol. The van der Waals surface area contributed by atoms with Gasteiger partial charge in [0.25, 0.3) is 0 Å². The lowest BCUT2D eigenvalue weighted by molar-refractivity contribution is 0.924. The Hall–Kier alpha value is -1.15. The van der Waals surface area contributed by atoms with Gasteiger partial charge in [-0.15, -0.1) is 11.3 Å². The second-order valence-electron chi connectivity index (χ2n) is 3.47. The Bertz CT molecular complexity index is 392. The quantitative estimate of drug-likeness (QED) is 0.746. The van der Waals surface area contributed by atoms with Crippen molar-refractivity contribution in [2.45, 2.75) is 19.8 Å². The van der Waals surface area contributed by atoms with Crippen molar-refractivity contribution in [1.82, 2.24) is 4.98 Å². The molecule has 0 aliphatic heterocycles.